The second kappa shape index (κ2) is 9.26. The Balaban J connectivity index is 1.55. The molecule has 4 nitrogen and oxygen atoms in total. The minimum Gasteiger partial charge on any atom is -0.352 e. The molecule has 0 aliphatic heterocycles. The molecular weight excluding hydrogens is 362 g/mol. The smallest absolute Gasteiger partial charge is 0.255 e. The number of halogens is 2. The van der Waals surface area contributed by atoms with Crippen LogP contribution in [0.15, 0.2) is 54.1 Å². The molecule has 0 radical (unpaired) electrons. The molecule has 0 saturated carbocycles. The fourth-order valence-electron chi connectivity index (χ4n) is 3.15. The van der Waals surface area contributed by atoms with Gasteiger partial charge in [-0.2, -0.15) is 0 Å². The fourth-order valence-corrected chi connectivity index (χ4v) is 3.15. The van der Waals surface area contributed by atoms with Gasteiger partial charge in [0.1, 0.15) is 17.3 Å². The van der Waals surface area contributed by atoms with Gasteiger partial charge < -0.3 is 10.6 Å². The highest BCUT2D eigenvalue weighted by Gasteiger charge is 2.14. The van der Waals surface area contributed by atoms with Crippen molar-refractivity contribution < 1.29 is 18.4 Å². The van der Waals surface area contributed by atoms with Crippen molar-refractivity contribution in [2.24, 2.45) is 0 Å². The van der Waals surface area contributed by atoms with Gasteiger partial charge >= 0.3 is 0 Å². The molecule has 0 bridgehead atoms. The standard InChI is InChI=1S/C22H22F2N2O2/c23-18-7-4-8-19(24)20(18)26-22(28)17-11-9-16(10-12-17)21(27)25-14-13-15-5-2-1-3-6-15/h4-5,7-12H,1-3,6,13-14H2,(H,25,27)(H,26,28). The molecule has 0 unspecified atom stereocenters. The van der Waals surface area contributed by atoms with Gasteiger partial charge in [0.2, 0.25) is 0 Å². The number of anilines is 1. The second-order valence-corrected chi connectivity index (χ2v) is 6.74. The number of rotatable bonds is 6. The summed E-state index contributed by atoms with van der Waals surface area (Å²) < 4.78 is 27.3. The summed E-state index contributed by atoms with van der Waals surface area (Å²) in [5.41, 5.74) is 1.52. The van der Waals surface area contributed by atoms with E-state index in [9.17, 15) is 18.4 Å². The van der Waals surface area contributed by atoms with Crippen LogP contribution in [-0.2, 0) is 0 Å². The average molecular weight is 384 g/mol. The van der Waals surface area contributed by atoms with Crippen LogP contribution in [0.3, 0.4) is 0 Å². The minimum absolute atomic E-state index is 0.201. The molecule has 0 spiro atoms. The SMILES string of the molecule is O=C(NCCC1=CCCCC1)c1ccc(C(=O)Nc2c(F)cccc2F)cc1. The largest absolute Gasteiger partial charge is 0.352 e. The zero-order valence-electron chi connectivity index (χ0n) is 15.4. The molecule has 0 aromatic heterocycles. The van der Waals surface area contributed by atoms with E-state index in [0.29, 0.717) is 12.1 Å². The number of para-hydroxylation sites is 1. The molecular formula is C22H22F2N2O2. The predicted octanol–water partition coefficient (Wildman–Crippen LogP) is 4.84. The van der Waals surface area contributed by atoms with Crippen molar-refractivity contribution in [2.45, 2.75) is 32.1 Å². The molecule has 3 rings (SSSR count). The molecule has 1 aliphatic carbocycles. The van der Waals surface area contributed by atoms with Crippen molar-refractivity contribution in [3.8, 4) is 0 Å². The third-order valence-electron chi connectivity index (χ3n) is 4.73. The molecule has 146 valence electrons. The zero-order valence-corrected chi connectivity index (χ0v) is 15.4. The summed E-state index contributed by atoms with van der Waals surface area (Å²) in [6, 6.07) is 9.28. The highest BCUT2D eigenvalue weighted by molar-refractivity contribution is 6.05. The van der Waals surface area contributed by atoms with E-state index >= 15 is 0 Å². The van der Waals surface area contributed by atoms with E-state index < -0.39 is 23.2 Å². The van der Waals surface area contributed by atoms with Crippen molar-refractivity contribution >= 4 is 17.5 Å². The van der Waals surface area contributed by atoms with Crippen LogP contribution < -0.4 is 10.6 Å². The molecule has 6 heteroatoms. The summed E-state index contributed by atoms with van der Waals surface area (Å²) in [5.74, 6) is -2.57. The summed E-state index contributed by atoms with van der Waals surface area (Å²) >= 11 is 0. The number of amides is 2. The number of hydrogen-bond acceptors (Lipinski definition) is 2. The van der Waals surface area contributed by atoms with Crippen LogP contribution in [0.1, 0.15) is 52.8 Å². The van der Waals surface area contributed by atoms with Gasteiger partial charge in [0.15, 0.2) is 0 Å². The van der Waals surface area contributed by atoms with E-state index in [0.717, 1.165) is 31.4 Å². The quantitative estimate of drug-likeness (QED) is 0.701. The Labute approximate surface area is 162 Å². The lowest BCUT2D eigenvalue weighted by molar-refractivity contribution is 0.0952. The maximum absolute atomic E-state index is 13.6. The molecule has 2 amide bonds. The zero-order chi connectivity index (χ0) is 19.9. The lowest BCUT2D eigenvalue weighted by Crippen LogP contribution is -2.25. The summed E-state index contributed by atoms with van der Waals surface area (Å²) in [7, 11) is 0. The van der Waals surface area contributed by atoms with Crippen molar-refractivity contribution in [3.05, 3.63) is 76.9 Å². The van der Waals surface area contributed by atoms with Crippen LogP contribution in [0.25, 0.3) is 0 Å². The first-order valence-electron chi connectivity index (χ1n) is 9.36. The summed E-state index contributed by atoms with van der Waals surface area (Å²) in [6.07, 6.45) is 7.76. The normalized spacial score (nSPS) is 13.6. The second-order valence-electron chi connectivity index (χ2n) is 6.74. The molecule has 0 saturated heterocycles. The first kappa shape index (κ1) is 19.7. The Morgan fingerprint density at radius 1 is 0.893 bits per heavy atom. The Morgan fingerprint density at radius 3 is 2.14 bits per heavy atom. The third kappa shape index (κ3) is 5.03. The van der Waals surface area contributed by atoms with Gasteiger partial charge in [0.25, 0.3) is 11.8 Å². The third-order valence-corrected chi connectivity index (χ3v) is 4.73. The number of nitrogens with one attached hydrogen (secondary N) is 2. The topological polar surface area (TPSA) is 58.2 Å². The van der Waals surface area contributed by atoms with Gasteiger partial charge in [-0.25, -0.2) is 8.78 Å². The van der Waals surface area contributed by atoms with Crippen LogP contribution in [0, 0.1) is 11.6 Å². The summed E-state index contributed by atoms with van der Waals surface area (Å²) in [6.45, 7) is 0.569. The van der Waals surface area contributed by atoms with Crippen molar-refractivity contribution in [1.29, 1.82) is 0 Å². The number of allylic oxidation sites excluding steroid dienone is 1. The van der Waals surface area contributed by atoms with Crippen molar-refractivity contribution in [2.75, 3.05) is 11.9 Å². The first-order chi connectivity index (χ1) is 13.5. The van der Waals surface area contributed by atoms with Gasteiger partial charge in [-0.1, -0.05) is 17.7 Å². The van der Waals surface area contributed by atoms with E-state index in [1.54, 1.807) is 0 Å². The van der Waals surface area contributed by atoms with Gasteiger partial charge in [-0.05, 0) is 68.5 Å². The number of benzene rings is 2. The number of carbonyl (C=O) groups excluding carboxylic acids is 2. The molecule has 0 heterocycles. The minimum atomic E-state index is -0.850. The molecule has 2 aromatic rings. The summed E-state index contributed by atoms with van der Waals surface area (Å²) in [5, 5.41) is 5.09. The van der Waals surface area contributed by atoms with E-state index in [2.05, 4.69) is 16.7 Å². The maximum Gasteiger partial charge on any atom is 0.255 e. The van der Waals surface area contributed by atoms with Gasteiger partial charge in [-0.3, -0.25) is 9.59 Å². The average Bonchev–Trinajstić information content (AvgIpc) is 2.71. The first-order valence-corrected chi connectivity index (χ1v) is 9.36. The summed E-state index contributed by atoms with van der Waals surface area (Å²) in [4.78, 5) is 24.4. The van der Waals surface area contributed by atoms with E-state index in [-0.39, 0.29) is 11.5 Å². The Morgan fingerprint density at radius 2 is 1.54 bits per heavy atom. The highest BCUT2D eigenvalue weighted by atomic mass is 19.1. The maximum atomic E-state index is 13.6. The Bertz CT molecular complexity index is 872. The molecule has 1 aliphatic rings. The molecule has 2 N–H and O–H groups in total. The highest BCUT2D eigenvalue weighted by Crippen LogP contribution is 2.20. The molecule has 0 atom stereocenters. The van der Waals surface area contributed by atoms with E-state index in [1.807, 2.05) is 0 Å². The number of carbonyl (C=O) groups is 2. The lowest BCUT2D eigenvalue weighted by atomic mass is 9.97. The predicted molar refractivity (Wildman–Crippen MR) is 104 cm³/mol. The van der Waals surface area contributed by atoms with Crippen LogP contribution in [0.4, 0.5) is 14.5 Å². The van der Waals surface area contributed by atoms with Gasteiger partial charge in [0, 0.05) is 17.7 Å². The van der Waals surface area contributed by atoms with Crippen LogP contribution in [0.5, 0.6) is 0 Å². The molecule has 2 aromatic carbocycles. The van der Waals surface area contributed by atoms with Crippen LogP contribution in [0.2, 0.25) is 0 Å². The Kier molecular flexibility index (Phi) is 6.53. The monoisotopic (exact) mass is 384 g/mol. The van der Waals surface area contributed by atoms with Crippen molar-refractivity contribution in [1.82, 2.24) is 5.32 Å². The van der Waals surface area contributed by atoms with Crippen LogP contribution >= 0.6 is 0 Å². The van der Waals surface area contributed by atoms with Gasteiger partial charge in [-0.15, -0.1) is 0 Å². The fraction of sp³-hybridized carbons (Fsp3) is 0.273. The van der Waals surface area contributed by atoms with Crippen molar-refractivity contribution in [3.63, 3.8) is 0 Å². The lowest BCUT2D eigenvalue weighted by Gasteiger charge is -2.13. The van der Waals surface area contributed by atoms with Crippen LogP contribution in [-0.4, -0.2) is 18.4 Å². The number of hydrogen-bond donors (Lipinski definition) is 2. The molecule has 28 heavy (non-hydrogen) atoms. The molecule has 0 fully saturated rings. The van der Waals surface area contributed by atoms with E-state index in [1.165, 1.54) is 48.7 Å². The van der Waals surface area contributed by atoms with E-state index in [4.69, 9.17) is 0 Å². The Hall–Kier alpha value is -3.02. The van der Waals surface area contributed by atoms with Gasteiger partial charge in [0.05, 0.1) is 0 Å².